The summed E-state index contributed by atoms with van der Waals surface area (Å²) >= 11 is 0. The van der Waals surface area contributed by atoms with Crippen molar-refractivity contribution < 1.29 is 4.74 Å². The van der Waals surface area contributed by atoms with Crippen LogP contribution in [-0.4, -0.2) is 57.0 Å². The Morgan fingerprint density at radius 1 is 1.40 bits per heavy atom. The smallest absolute Gasteiger partial charge is 0.222 e. The monoisotopic (exact) mass is 408 g/mol. The number of anilines is 1. The van der Waals surface area contributed by atoms with Crippen LogP contribution in [0.2, 0.25) is 0 Å². The number of hydrogen-bond donors (Lipinski definition) is 3. The van der Waals surface area contributed by atoms with Crippen LogP contribution in [0.15, 0.2) is 24.4 Å². The fraction of sp³-hybridized carbons (Fsp3) is 0.381. The van der Waals surface area contributed by atoms with Gasteiger partial charge in [-0.2, -0.15) is 5.10 Å². The van der Waals surface area contributed by atoms with Crippen LogP contribution in [0.4, 0.5) is 5.69 Å². The van der Waals surface area contributed by atoms with Crippen LogP contribution in [0.1, 0.15) is 32.5 Å². The molecule has 0 aliphatic heterocycles. The van der Waals surface area contributed by atoms with Gasteiger partial charge >= 0.3 is 0 Å². The van der Waals surface area contributed by atoms with Gasteiger partial charge in [-0.3, -0.25) is 15.5 Å². The molecular weight excluding hydrogens is 380 g/mol. The quantitative estimate of drug-likeness (QED) is 0.386. The lowest BCUT2D eigenvalue weighted by atomic mass is 10.1. The number of hydrogen-bond acceptors (Lipinski definition) is 7. The van der Waals surface area contributed by atoms with Crippen LogP contribution < -0.4 is 10.1 Å². The molecule has 0 spiro atoms. The van der Waals surface area contributed by atoms with Crippen molar-refractivity contribution in [3.8, 4) is 17.1 Å². The molecule has 0 saturated carbocycles. The minimum absolute atomic E-state index is 0.149. The van der Waals surface area contributed by atoms with E-state index in [1.165, 1.54) is 4.90 Å². The van der Waals surface area contributed by atoms with Gasteiger partial charge in [0.2, 0.25) is 5.88 Å². The van der Waals surface area contributed by atoms with E-state index in [-0.39, 0.29) is 18.4 Å². The topological polar surface area (TPSA) is 116 Å². The van der Waals surface area contributed by atoms with Crippen molar-refractivity contribution in [2.75, 3.05) is 25.5 Å². The zero-order chi connectivity index (χ0) is 21.8. The number of aromatic nitrogens is 4. The minimum atomic E-state index is 0.149. The van der Waals surface area contributed by atoms with Crippen LogP contribution in [0.25, 0.3) is 22.3 Å². The fourth-order valence-electron chi connectivity index (χ4n) is 3.15. The molecule has 0 unspecified atom stereocenters. The maximum absolute atomic E-state index is 8.15. The van der Waals surface area contributed by atoms with E-state index in [4.69, 9.17) is 20.5 Å². The summed E-state index contributed by atoms with van der Waals surface area (Å²) in [5, 5.41) is 23.5. The third-order valence-electron chi connectivity index (χ3n) is 4.71. The van der Waals surface area contributed by atoms with Gasteiger partial charge < -0.3 is 15.0 Å². The Hall–Kier alpha value is -3.49. The van der Waals surface area contributed by atoms with E-state index in [9.17, 15) is 0 Å². The Kier molecular flexibility index (Phi) is 6.29. The maximum Gasteiger partial charge on any atom is 0.222 e. The second-order valence-electron chi connectivity index (χ2n) is 7.21. The van der Waals surface area contributed by atoms with Crippen molar-refractivity contribution in [3.63, 3.8) is 0 Å². The van der Waals surface area contributed by atoms with Gasteiger partial charge in [0.05, 0.1) is 42.1 Å². The van der Waals surface area contributed by atoms with E-state index in [0.29, 0.717) is 12.5 Å². The molecule has 0 fully saturated rings. The van der Waals surface area contributed by atoms with E-state index in [1.807, 2.05) is 36.7 Å². The second-order valence-corrected chi connectivity index (χ2v) is 7.21. The van der Waals surface area contributed by atoms with Gasteiger partial charge in [0.1, 0.15) is 16.9 Å². The first-order valence-electron chi connectivity index (χ1n) is 9.90. The highest BCUT2D eigenvalue weighted by Crippen LogP contribution is 2.34. The molecule has 0 bridgehead atoms. The van der Waals surface area contributed by atoms with Crippen LogP contribution in [0, 0.1) is 17.7 Å². The summed E-state index contributed by atoms with van der Waals surface area (Å²) in [6.45, 7) is 8.78. The number of amidine groups is 1. The molecule has 3 heterocycles. The molecule has 0 aliphatic carbocycles. The highest BCUT2D eigenvalue weighted by molar-refractivity contribution is 5.96. The number of pyridine rings is 2. The predicted molar refractivity (Wildman–Crippen MR) is 120 cm³/mol. The van der Waals surface area contributed by atoms with Gasteiger partial charge in [-0.1, -0.05) is 0 Å². The number of ether oxygens (including phenoxy) is 1. The van der Waals surface area contributed by atoms with Gasteiger partial charge in [0.15, 0.2) is 0 Å². The van der Waals surface area contributed by atoms with Crippen molar-refractivity contribution in [1.82, 2.24) is 24.6 Å². The third kappa shape index (κ3) is 4.10. The lowest BCUT2D eigenvalue weighted by Crippen LogP contribution is -2.30. The molecule has 9 heteroatoms. The van der Waals surface area contributed by atoms with Crippen LogP contribution in [0.5, 0.6) is 5.88 Å². The van der Waals surface area contributed by atoms with Crippen molar-refractivity contribution in [1.29, 1.82) is 10.8 Å². The van der Waals surface area contributed by atoms with E-state index in [2.05, 4.69) is 29.2 Å². The molecule has 0 radical (unpaired) electrons. The number of likely N-dealkylation sites (N-methyl/N-ethyl adjacent to an activating group) is 1. The highest BCUT2D eigenvalue weighted by atomic mass is 16.5. The fourth-order valence-corrected chi connectivity index (χ4v) is 3.15. The molecule has 3 aromatic heterocycles. The van der Waals surface area contributed by atoms with Crippen LogP contribution in [0.3, 0.4) is 0 Å². The Balaban J connectivity index is 2.16. The zero-order valence-electron chi connectivity index (χ0n) is 18.0. The standard InChI is InChI=1S/C21H28N8O/c1-6-30-21-15(8-7-9-24-21)16-10-17(25-11-18(23)28(5)12-22)20-19(26-16)14(4)27-29(20)13(2)3/h7-10,12-13,22-23H,6,11H2,1-5H3,(H,25,26). The van der Waals surface area contributed by atoms with Gasteiger partial charge in [0.25, 0.3) is 0 Å². The number of nitrogens with one attached hydrogen (secondary N) is 3. The Bertz CT molecular complexity index is 1070. The summed E-state index contributed by atoms with van der Waals surface area (Å²) in [4.78, 5) is 10.7. The summed E-state index contributed by atoms with van der Waals surface area (Å²) < 4.78 is 7.65. The molecule has 0 amide bonds. The maximum atomic E-state index is 8.15. The normalized spacial score (nSPS) is 11.0. The van der Waals surface area contributed by atoms with Crippen LogP contribution in [-0.2, 0) is 0 Å². The molecule has 3 aromatic rings. The van der Waals surface area contributed by atoms with Crippen LogP contribution >= 0.6 is 0 Å². The lowest BCUT2D eigenvalue weighted by Gasteiger charge is -2.17. The summed E-state index contributed by atoms with van der Waals surface area (Å²) in [5.41, 5.74) is 4.85. The summed E-state index contributed by atoms with van der Waals surface area (Å²) in [7, 11) is 1.68. The number of aryl methyl sites for hydroxylation is 1. The second kappa shape index (κ2) is 8.89. The Morgan fingerprint density at radius 3 is 2.83 bits per heavy atom. The Labute approximate surface area is 176 Å². The van der Waals surface area contributed by atoms with Gasteiger partial charge in [0, 0.05) is 19.3 Å². The number of nitrogens with zero attached hydrogens (tertiary/aromatic N) is 5. The van der Waals surface area contributed by atoms with Crippen molar-refractivity contribution >= 4 is 28.9 Å². The number of fused-ring (bicyclic) bond motifs is 1. The van der Waals surface area contributed by atoms with Crippen molar-refractivity contribution in [2.24, 2.45) is 0 Å². The first-order chi connectivity index (χ1) is 14.4. The molecule has 0 saturated heterocycles. The average Bonchev–Trinajstić information content (AvgIpc) is 3.08. The van der Waals surface area contributed by atoms with Crippen molar-refractivity contribution in [3.05, 3.63) is 30.1 Å². The molecule has 3 N–H and O–H groups in total. The Morgan fingerprint density at radius 2 is 2.17 bits per heavy atom. The van der Waals surface area contributed by atoms with E-state index in [0.717, 1.165) is 40.0 Å². The molecule has 0 atom stereocenters. The first kappa shape index (κ1) is 21.2. The van der Waals surface area contributed by atoms with Gasteiger partial charge in [-0.25, -0.2) is 9.97 Å². The average molecular weight is 409 g/mol. The number of rotatable bonds is 8. The summed E-state index contributed by atoms with van der Waals surface area (Å²) in [5.74, 6) is 0.809. The molecule has 30 heavy (non-hydrogen) atoms. The molecule has 3 rings (SSSR count). The zero-order valence-corrected chi connectivity index (χ0v) is 18.0. The third-order valence-corrected chi connectivity index (χ3v) is 4.71. The summed E-state index contributed by atoms with van der Waals surface area (Å²) in [6, 6.07) is 5.88. The molecule has 9 nitrogen and oxygen atoms in total. The highest BCUT2D eigenvalue weighted by Gasteiger charge is 2.19. The molecular formula is C21H28N8O. The SMILES string of the molecule is CCOc1ncccc1-c1cc(NCC(=N)N(C)C=N)c2c(n1)c(C)nn2C(C)C. The summed E-state index contributed by atoms with van der Waals surface area (Å²) in [6.07, 6.45) is 2.81. The van der Waals surface area contributed by atoms with E-state index in [1.54, 1.807) is 13.2 Å². The lowest BCUT2D eigenvalue weighted by molar-refractivity contribution is 0.328. The van der Waals surface area contributed by atoms with Gasteiger partial charge in [-0.15, -0.1) is 0 Å². The first-order valence-corrected chi connectivity index (χ1v) is 9.90. The predicted octanol–water partition coefficient (Wildman–Crippen LogP) is 3.71. The van der Waals surface area contributed by atoms with E-state index >= 15 is 0 Å². The largest absolute Gasteiger partial charge is 0.477 e. The minimum Gasteiger partial charge on any atom is -0.477 e. The van der Waals surface area contributed by atoms with Crippen molar-refractivity contribution in [2.45, 2.75) is 33.7 Å². The van der Waals surface area contributed by atoms with E-state index < -0.39 is 0 Å². The van der Waals surface area contributed by atoms with Gasteiger partial charge in [-0.05, 0) is 45.9 Å². The molecule has 0 aliphatic rings. The molecule has 0 aromatic carbocycles. The molecule has 158 valence electrons.